The molecule has 2 aliphatic rings. The molecule has 2 aromatic heterocycles. The van der Waals surface area contributed by atoms with Gasteiger partial charge in [-0.2, -0.15) is 4.98 Å². The Labute approximate surface area is 163 Å². The van der Waals surface area contributed by atoms with Crippen LogP contribution in [0.15, 0.2) is 53.4 Å². The van der Waals surface area contributed by atoms with Crippen molar-refractivity contribution in [2.24, 2.45) is 10.9 Å². The summed E-state index contributed by atoms with van der Waals surface area (Å²) in [6.07, 6.45) is 8.28. The molecular formula is C21H23N7. The van der Waals surface area contributed by atoms with Gasteiger partial charge in [-0.05, 0) is 61.1 Å². The van der Waals surface area contributed by atoms with E-state index in [-0.39, 0.29) is 6.04 Å². The van der Waals surface area contributed by atoms with E-state index in [9.17, 15) is 0 Å². The molecule has 1 aliphatic carbocycles. The molecule has 0 spiro atoms. The van der Waals surface area contributed by atoms with Gasteiger partial charge in [-0.1, -0.05) is 6.07 Å². The van der Waals surface area contributed by atoms with Gasteiger partial charge in [0.1, 0.15) is 11.7 Å². The number of hydrogen-bond donors (Lipinski definition) is 2. The molecule has 3 heterocycles. The Bertz CT molecular complexity index is 1080. The van der Waals surface area contributed by atoms with Crippen LogP contribution in [-0.4, -0.2) is 39.4 Å². The summed E-state index contributed by atoms with van der Waals surface area (Å²) < 4.78 is 0. The monoisotopic (exact) mass is 373 g/mol. The first-order valence-electron chi connectivity index (χ1n) is 9.68. The molecule has 1 saturated carbocycles. The number of aromatic nitrogens is 4. The summed E-state index contributed by atoms with van der Waals surface area (Å²) in [5.41, 5.74) is 4.62. The number of H-pyrrole nitrogens is 1. The fourth-order valence-electron chi connectivity index (χ4n) is 3.55. The third-order valence-electron chi connectivity index (χ3n) is 5.58. The van der Waals surface area contributed by atoms with Crippen LogP contribution in [0.4, 0.5) is 11.8 Å². The first kappa shape index (κ1) is 16.9. The van der Waals surface area contributed by atoms with Gasteiger partial charge < -0.3 is 15.2 Å². The lowest BCUT2D eigenvalue weighted by Gasteiger charge is -2.25. The molecule has 7 nitrogen and oxygen atoms in total. The van der Waals surface area contributed by atoms with Crippen molar-refractivity contribution in [3.05, 3.63) is 54.0 Å². The molecule has 1 aromatic carbocycles. The number of aliphatic imine (C=N–C) groups is 1. The lowest BCUT2D eigenvalue weighted by atomic mass is 10.1. The normalized spacial score (nSPS) is 17.4. The predicted octanol–water partition coefficient (Wildman–Crippen LogP) is 3.71. The Kier molecular flexibility index (Phi) is 4.07. The van der Waals surface area contributed by atoms with E-state index in [1.807, 2.05) is 19.2 Å². The maximum Gasteiger partial charge on any atom is 0.227 e. The van der Waals surface area contributed by atoms with Gasteiger partial charge in [-0.25, -0.2) is 9.97 Å². The highest BCUT2D eigenvalue weighted by molar-refractivity contribution is 6.05. The van der Waals surface area contributed by atoms with Crippen LogP contribution in [0.2, 0.25) is 0 Å². The molecule has 1 atom stereocenters. The highest BCUT2D eigenvalue weighted by Gasteiger charge is 2.28. The Morgan fingerprint density at radius 3 is 2.96 bits per heavy atom. The lowest BCUT2D eigenvalue weighted by Crippen LogP contribution is -2.24. The van der Waals surface area contributed by atoms with Crippen molar-refractivity contribution in [1.29, 1.82) is 0 Å². The van der Waals surface area contributed by atoms with Gasteiger partial charge in [0.2, 0.25) is 5.95 Å². The fraction of sp³-hybridized carbons (Fsp3) is 0.333. The minimum absolute atomic E-state index is 0.119. The third kappa shape index (κ3) is 3.24. The number of anilines is 2. The van der Waals surface area contributed by atoms with E-state index >= 15 is 0 Å². The molecule has 28 heavy (non-hydrogen) atoms. The molecule has 0 amide bonds. The molecule has 5 rings (SSSR count). The number of rotatable bonds is 5. The molecule has 1 aliphatic heterocycles. The standard InChI is InChI=1S/C21H23N7/c1-13(15-5-6-17-18(9-15)25-12-24-17)28(2)21-22-8-7-19(27-21)26-20-10-16(11-23-20)14-3-4-14/h5-10,12-14H,3-4,11H2,1-2H3,(H,24,25)(H,22,23,26,27)/t13-/m0/s1. The number of amidine groups is 1. The van der Waals surface area contributed by atoms with Crippen LogP contribution >= 0.6 is 0 Å². The summed E-state index contributed by atoms with van der Waals surface area (Å²) in [6, 6.07) is 8.26. The number of nitrogens with zero attached hydrogens (tertiary/aromatic N) is 5. The smallest absolute Gasteiger partial charge is 0.227 e. The van der Waals surface area contributed by atoms with Gasteiger partial charge in [-0.3, -0.25) is 4.99 Å². The van der Waals surface area contributed by atoms with E-state index in [1.165, 1.54) is 24.0 Å². The lowest BCUT2D eigenvalue weighted by molar-refractivity contribution is 0.716. The van der Waals surface area contributed by atoms with Gasteiger partial charge in [0.15, 0.2) is 0 Å². The largest absolute Gasteiger partial charge is 0.345 e. The highest BCUT2D eigenvalue weighted by atomic mass is 15.3. The van der Waals surface area contributed by atoms with E-state index in [0.29, 0.717) is 5.95 Å². The molecule has 142 valence electrons. The van der Waals surface area contributed by atoms with Gasteiger partial charge in [0.05, 0.1) is 29.9 Å². The topological polar surface area (TPSA) is 82.1 Å². The Hall–Kier alpha value is -3.22. The first-order chi connectivity index (χ1) is 13.7. The van der Waals surface area contributed by atoms with Crippen LogP contribution in [-0.2, 0) is 0 Å². The molecule has 1 fully saturated rings. The van der Waals surface area contributed by atoms with E-state index in [4.69, 9.17) is 4.98 Å². The average Bonchev–Trinajstić information content (AvgIpc) is 3.28. The number of aromatic amines is 1. The van der Waals surface area contributed by atoms with E-state index in [2.05, 4.69) is 55.3 Å². The number of imidazole rings is 1. The van der Waals surface area contributed by atoms with E-state index in [0.717, 1.165) is 35.1 Å². The number of benzene rings is 1. The molecule has 2 N–H and O–H groups in total. The summed E-state index contributed by atoms with van der Waals surface area (Å²) in [6.45, 7) is 2.96. The zero-order chi connectivity index (χ0) is 19.1. The van der Waals surface area contributed by atoms with Crippen molar-refractivity contribution in [3.63, 3.8) is 0 Å². The summed E-state index contributed by atoms with van der Waals surface area (Å²) in [5, 5.41) is 3.33. The summed E-state index contributed by atoms with van der Waals surface area (Å²) in [7, 11) is 2.01. The van der Waals surface area contributed by atoms with Crippen LogP contribution in [0, 0.1) is 5.92 Å². The zero-order valence-corrected chi connectivity index (χ0v) is 16.1. The van der Waals surface area contributed by atoms with Gasteiger partial charge in [0.25, 0.3) is 0 Å². The third-order valence-corrected chi connectivity index (χ3v) is 5.58. The predicted molar refractivity (Wildman–Crippen MR) is 112 cm³/mol. The highest BCUT2D eigenvalue weighted by Crippen LogP contribution is 2.37. The second kappa shape index (κ2) is 6.74. The number of hydrogen-bond acceptors (Lipinski definition) is 6. The molecule has 7 heteroatoms. The maximum absolute atomic E-state index is 4.69. The summed E-state index contributed by atoms with van der Waals surface area (Å²) in [4.78, 5) is 23.3. The van der Waals surface area contributed by atoms with Crippen molar-refractivity contribution < 1.29 is 0 Å². The molecule has 0 bridgehead atoms. The number of fused-ring (bicyclic) bond motifs is 1. The Morgan fingerprint density at radius 1 is 1.21 bits per heavy atom. The molecule has 0 radical (unpaired) electrons. The van der Waals surface area contributed by atoms with Crippen molar-refractivity contribution in [1.82, 2.24) is 19.9 Å². The van der Waals surface area contributed by atoms with Crippen LogP contribution in [0.1, 0.15) is 31.4 Å². The minimum atomic E-state index is 0.119. The molecule has 3 aromatic rings. The summed E-state index contributed by atoms with van der Waals surface area (Å²) >= 11 is 0. The van der Waals surface area contributed by atoms with Crippen molar-refractivity contribution in [2.75, 3.05) is 23.8 Å². The first-order valence-corrected chi connectivity index (χ1v) is 9.68. The quantitative estimate of drug-likeness (QED) is 0.712. The Morgan fingerprint density at radius 2 is 2.11 bits per heavy atom. The fourth-order valence-corrected chi connectivity index (χ4v) is 3.55. The van der Waals surface area contributed by atoms with Crippen LogP contribution < -0.4 is 10.2 Å². The minimum Gasteiger partial charge on any atom is -0.345 e. The second-order valence-corrected chi connectivity index (χ2v) is 7.53. The second-order valence-electron chi connectivity index (χ2n) is 7.53. The van der Waals surface area contributed by atoms with Crippen LogP contribution in [0.3, 0.4) is 0 Å². The molecule has 0 saturated heterocycles. The maximum atomic E-state index is 4.69. The van der Waals surface area contributed by atoms with Gasteiger partial charge in [-0.15, -0.1) is 0 Å². The summed E-state index contributed by atoms with van der Waals surface area (Å²) in [5.74, 6) is 3.09. The van der Waals surface area contributed by atoms with Crippen molar-refractivity contribution in [3.8, 4) is 0 Å². The van der Waals surface area contributed by atoms with E-state index in [1.54, 1.807) is 12.5 Å². The molecule has 0 unspecified atom stereocenters. The SMILES string of the molecule is C[C@@H](c1ccc2nc[nH]c2c1)N(C)c1nccc(NC2=NCC(C3CC3)=C2)n1. The van der Waals surface area contributed by atoms with Crippen LogP contribution in [0.25, 0.3) is 11.0 Å². The van der Waals surface area contributed by atoms with Crippen LogP contribution in [0.5, 0.6) is 0 Å². The van der Waals surface area contributed by atoms with E-state index < -0.39 is 0 Å². The Balaban J connectivity index is 1.33. The van der Waals surface area contributed by atoms with Crippen molar-refractivity contribution >= 4 is 28.6 Å². The van der Waals surface area contributed by atoms with Gasteiger partial charge in [0, 0.05) is 13.2 Å². The number of nitrogens with one attached hydrogen (secondary N) is 2. The molecular weight excluding hydrogens is 350 g/mol. The average molecular weight is 373 g/mol. The zero-order valence-electron chi connectivity index (χ0n) is 16.1. The van der Waals surface area contributed by atoms with Gasteiger partial charge >= 0.3 is 0 Å². The van der Waals surface area contributed by atoms with Crippen molar-refractivity contribution in [2.45, 2.75) is 25.8 Å².